The van der Waals surface area contributed by atoms with Crippen molar-refractivity contribution < 1.29 is 20.1 Å². The van der Waals surface area contributed by atoms with Crippen molar-refractivity contribution in [1.29, 1.82) is 0 Å². The SMILES string of the molecule is OC[C@H]1O[C@@H](n2cnc3cn[nH]c(=S)c32)[C@H](O)[C@@H]1O. The van der Waals surface area contributed by atoms with Crippen molar-refractivity contribution in [2.24, 2.45) is 0 Å². The van der Waals surface area contributed by atoms with Gasteiger partial charge in [-0.25, -0.2) is 4.98 Å². The summed E-state index contributed by atoms with van der Waals surface area (Å²) in [5, 5.41) is 35.3. The van der Waals surface area contributed by atoms with E-state index in [4.69, 9.17) is 22.1 Å². The van der Waals surface area contributed by atoms with E-state index in [-0.39, 0.29) is 6.61 Å². The summed E-state index contributed by atoms with van der Waals surface area (Å²) in [5.74, 6) is 0. The maximum atomic E-state index is 9.99. The Bertz CT molecular complexity index is 656. The first kappa shape index (κ1) is 12.6. The van der Waals surface area contributed by atoms with Crippen molar-refractivity contribution in [3.05, 3.63) is 17.2 Å². The summed E-state index contributed by atoms with van der Waals surface area (Å²) >= 11 is 5.13. The van der Waals surface area contributed by atoms with Gasteiger partial charge in [-0.2, -0.15) is 5.10 Å². The zero-order chi connectivity index (χ0) is 13.6. The second kappa shape index (κ2) is 4.62. The van der Waals surface area contributed by atoms with Crippen LogP contribution >= 0.6 is 12.2 Å². The minimum absolute atomic E-state index is 0.354. The van der Waals surface area contributed by atoms with Crippen molar-refractivity contribution in [2.45, 2.75) is 24.5 Å². The summed E-state index contributed by atoms with van der Waals surface area (Å²) in [7, 11) is 0. The Morgan fingerprint density at radius 1 is 1.42 bits per heavy atom. The molecule has 3 rings (SSSR count). The lowest BCUT2D eigenvalue weighted by molar-refractivity contribution is -0.0509. The summed E-state index contributed by atoms with van der Waals surface area (Å²) in [6.07, 6.45) is -1.06. The number of hydrogen-bond acceptors (Lipinski definition) is 7. The molecule has 2 aromatic heterocycles. The lowest BCUT2D eigenvalue weighted by atomic mass is 10.1. The first-order valence-electron chi connectivity index (χ1n) is 5.66. The zero-order valence-corrected chi connectivity index (χ0v) is 10.5. The minimum atomic E-state index is -1.17. The fraction of sp³-hybridized carbons (Fsp3) is 0.500. The molecule has 0 unspecified atom stereocenters. The molecule has 0 spiro atoms. The predicted molar refractivity (Wildman–Crippen MR) is 65.7 cm³/mol. The molecule has 0 aromatic carbocycles. The summed E-state index contributed by atoms with van der Waals surface area (Å²) in [4.78, 5) is 4.11. The molecule has 0 saturated carbocycles. The van der Waals surface area contributed by atoms with E-state index < -0.39 is 24.5 Å². The van der Waals surface area contributed by atoms with Crippen LogP contribution < -0.4 is 0 Å². The van der Waals surface area contributed by atoms with Gasteiger partial charge >= 0.3 is 0 Å². The van der Waals surface area contributed by atoms with E-state index >= 15 is 0 Å². The fourth-order valence-electron chi connectivity index (χ4n) is 2.21. The summed E-state index contributed by atoms with van der Waals surface area (Å²) in [5.41, 5.74) is 1.11. The Balaban J connectivity index is 2.08. The van der Waals surface area contributed by atoms with Gasteiger partial charge in [-0.15, -0.1) is 0 Å². The highest BCUT2D eigenvalue weighted by Gasteiger charge is 2.43. The number of ether oxygens (including phenoxy) is 1. The quantitative estimate of drug-likeness (QED) is 0.528. The van der Waals surface area contributed by atoms with E-state index in [1.165, 1.54) is 17.1 Å². The van der Waals surface area contributed by atoms with Crippen LogP contribution in [-0.2, 0) is 4.74 Å². The van der Waals surface area contributed by atoms with Crippen molar-refractivity contribution in [3.63, 3.8) is 0 Å². The molecule has 4 N–H and O–H groups in total. The van der Waals surface area contributed by atoms with Gasteiger partial charge in [0.25, 0.3) is 0 Å². The van der Waals surface area contributed by atoms with Gasteiger partial charge in [-0.05, 0) is 0 Å². The first-order chi connectivity index (χ1) is 9.13. The van der Waals surface area contributed by atoms with Crippen LogP contribution in [0.2, 0.25) is 0 Å². The van der Waals surface area contributed by atoms with Crippen LogP contribution in [0.15, 0.2) is 12.5 Å². The Kier molecular flexibility index (Phi) is 3.07. The highest BCUT2D eigenvalue weighted by molar-refractivity contribution is 7.71. The van der Waals surface area contributed by atoms with Gasteiger partial charge in [0.2, 0.25) is 0 Å². The molecule has 0 aliphatic carbocycles. The molecule has 2 aromatic rings. The molecule has 102 valence electrons. The molecule has 4 atom stereocenters. The number of aliphatic hydroxyl groups is 3. The second-order valence-electron chi connectivity index (χ2n) is 4.31. The zero-order valence-electron chi connectivity index (χ0n) is 9.67. The van der Waals surface area contributed by atoms with Crippen LogP contribution in [0.4, 0.5) is 0 Å². The average molecular weight is 284 g/mol. The van der Waals surface area contributed by atoms with Crippen molar-refractivity contribution >= 4 is 23.3 Å². The van der Waals surface area contributed by atoms with Gasteiger partial charge in [-0.1, -0.05) is 12.2 Å². The molecule has 1 aliphatic rings. The van der Waals surface area contributed by atoms with Crippen LogP contribution in [0.25, 0.3) is 11.0 Å². The lowest BCUT2D eigenvalue weighted by Crippen LogP contribution is -2.33. The molecule has 0 bridgehead atoms. The third kappa shape index (κ3) is 1.86. The van der Waals surface area contributed by atoms with Crippen molar-refractivity contribution in [2.75, 3.05) is 6.61 Å². The molecule has 3 heterocycles. The van der Waals surface area contributed by atoms with Gasteiger partial charge in [0.1, 0.15) is 34.0 Å². The van der Waals surface area contributed by atoms with Crippen LogP contribution in [-0.4, -0.2) is 60.0 Å². The Hall–Kier alpha value is -1.39. The normalized spacial score (nSPS) is 31.1. The van der Waals surface area contributed by atoms with Gasteiger partial charge in [0.05, 0.1) is 19.1 Å². The number of rotatable bonds is 2. The van der Waals surface area contributed by atoms with E-state index in [1.54, 1.807) is 0 Å². The van der Waals surface area contributed by atoms with Crippen molar-refractivity contribution in [3.8, 4) is 0 Å². The van der Waals surface area contributed by atoms with E-state index in [0.29, 0.717) is 15.7 Å². The molecule has 0 radical (unpaired) electrons. The molecule has 8 nitrogen and oxygen atoms in total. The van der Waals surface area contributed by atoms with E-state index in [0.717, 1.165) is 0 Å². The number of hydrogen-bond donors (Lipinski definition) is 4. The van der Waals surface area contributed by atoms with Crippen molar-refractivity contribution in [1.82, 2.24) is 19.7 Å². The lowest BCUT2D eigenvalue weighted by Gasteiger charge is -2.16. The van der Waals surface area contributed by atoms with Gasteiger partial charge in [0.15, 0.2) is 6.23 Å². The number of fused-ring (bicyclic) bond motifs is 1. The number of nitrogens with zero attached hydrogens (tertiary/aromatic N) is 3. The maximum absolute atomic E-state index is 9.99. The van der Waals surface area contributed by atoms with Crippen LogP contribution in [0.3, 0.4) is 0 Å². The third-order valence-electron chi connectivity index (χ3n) is 3.18. The van der Waals surface area contributed by atoms with E-state index in [9.17, 15) is 10.2 Å². The largest absolute Gasteiger partial charge is 0.394 e. The summed E-state index contributed by atoms with van der Waals surface area (Å²) in [6.45, 7) is -0.379. The Morgan fingerprint density at radius 2 is 2.21 bits per heavy atom. The van der Waals surface area contributed by atoms with E-state index in [2.05, 4.69) is 15.2 Å². The highest BCUT2D eigenvalue weighted by Crippen LogP contribution is 2.31. The predicted octanol–water partition coefficient (Wildman–Crippen LogP) is -0.900. The highest BCUT2D eigenvalue weighted by atomic mass is 32.1. The number of aromatic amines is 1. The standard InChI is InChI=1S/C10H12N4O4S/c15-2-5-7(16)8(17)10(18-5)14-3-11-4-1-12-13-9(19)6(4)14/h1,3,5,7-8,10,15-17H,2H2,(H,13,19)/t5-,7-,8-,10-/m1/s1. The van der Waals surface area contributed by atoms with Gasteiger partial charge in [0, 0.05) is 0 Å². The fourth-order valence-corrected chi connectivity index (χ4v) is 2.47. The summed E-state index contributed by atoms with van der Waals surface area (Å²) in [6, 6.07) is 0. The molecule has 9 heteroatoms. The Labute approximate surface area is 112 Å². The topological polar surface area (TPSA) is 116 Å². The summed E-state index contributed by atoms with van der Waals surface area (Å²) < 4.78 is 7.32. The van der Waals surface area contributed by atoms with Crippen LogP contribution in [0, 0.1) is 4.64 Å². The molecular formula is C10H12N4O4S. The molecular weight excluding hydrogens is 272 g/mol. The minimum Gasteiger partial charge on any atom is -0.394 e. The first-order valence-corrected chi connectivity index (χ1v) is 6.07. The monoisotopic (exact) mass is 284 g/mol. The second-order valence-corrected chi connectivity index (χ2v) is 4.72. The molecule has 19 heavy (non-hydrogen) atoms. The van der Waals surface area contributed by atoms with Crippen LogP contribution in [0.1, 0.15) is 6.23 Å². The number of imidazole rings is 1. The number of H-pyrrole nitrogens is 1. The third-order valence-corrected chi connectivity index (χ3v) is 3.47. The van der Waals surface area contributed by atoms with Gasteiger partial charge < -0.3 is 20.1 Å². The van der Waals surface area contributed by atoms with Gasteiger partial charge in [-0.3, -0.25) is 9.67 Å². The molecule has 0 amide bonds. The molecule has 1 saturated heterocycles. The maximum Gasteiger partial charge on any atom is 0.164 e. The smallest absolute Gasteiger partial charge is 0.164 e. The number of aliphatic hydroxyl groups excluding tert-OH is 3. The average Bonchev–Trinajstić information content (AvgIpc) is 2.94. The van der Waals surface area contributed by atoms with E-state index in [1.807, 2.05) is 0 Å². The number of aromatic nitrogens is 4. The number of nitrogens with one attached hydrogen (secondary N) is 1. The molecule has 1 fully saturated rings. The Morgan fingerprint density at radius 3 is 2.89 bits per heavy atom. The molecule has 1 aliphatic heterocycles. The van der Waals surface area contributed by atoms with Crippen LogP contribution in [0.5, 0.6) is 0 Å².